The average Bonchev–Trinajstić information content (AvgIpc) is 3.60. The van der Waals surface area contributed by atoms with Crippen LogP contribution in [-0.2, 0) is 30.5 Å². The first kappa shape index (κ1) is 54.3. The molecule has 3 aromatic rings. The number of aromatic nitrogens is 1. The third-order valence-electron chi connectivity index (χ3n) is 11.2. The summed E-state index contributed by atoms with van der Waals surface area (Å²) in [6.07, 6.45) is 1.52. The monoisotopic (exact) mass is 1010 g/mol. The number of thioether (sulfide) groups is 1. The van der Waals surface area contributed by atoms with E-state index < -0.39 is 74.2 Å². The zero-order valence-corrected chi connectivity index (χ0v) is 43.4. The maximum absolute atomic E-state index is 15.3. The first-order chi connectivity index (χ1) is 29.8. The molecule has 354 valence electrons. The van der Waals surface area contributed by atoms with Crippen molar-refractivity contribution in [2.45, 2.75) is 110 Å². The van der Waals surface area contributed by atoms with Crippen LogP contribution in [0.2, 0.25) is 50.9 Å². The highest BCUT2D eigenvalue weighted by molar-refractivity contribution is 9.09. The second kappa shape index (κ2) is 24.0. The highest BCUT2D eigenvalue weighted by Gasteiger charge is 2.50. The fourth-order valence-corrected chi connectivity index (χ4v) is 10.8. The number of carbonyl (C=O) groups is 5. The van der Waals surface area contributed by atoms with Crippen molar-refractivity contribution in [3.05, 3.63) is 83.7 Å². The lowest BCUT2D eigenvalue weighted by Gasteiger charge is -2.42. The Bertz CT molecular complexity index is 2060. The van der Waals surface area contributed by atoms with Crippen LogP contribution in [0, 0.1) is 17.0 Å². The van der Waals surface area contributed by atoms with Gasteiger partial charge in [0.15, 0.2) is 5.54 Å². The van der Waals surface area contributed by atoms with E-state index in [4.69, 9.17) is 4.74 Å². The summed E-state index contributed by atoms with van der Waals surface area (Å²) in [6, 6.07) is 15.0. The van der Waals surface area contributed by atoms with Gasteiger partial charge in [0.05, 0.1) is 38.4 Å². The van der Waals surface area contributed by atoms with Crippen LogP contribution in [0.5, 0.6) is 0 Å². The van der Waals surface area contributed by atoms with Crippen LogP contribution in [0.15, 0.2) is 60.8 Å². The Morgan fingerprint density at radius 1 is 0.953 bits per heavy atom. The molecule has 3 rings (SSSR count). The molecule has 1 aromatic heterocycles. The standard InChI is InChI=1S/C46H68BrF2N5O7SSi2/c1-32(64(8,9)10)46(43(58)59,31-51-40(56)27-47)52-39(55)19-23-62-30-41(57)54(21-14-20-50-44(60)61-22-24-63(5,6)7)42(45(2,3)4)38-25-34(36-26-35(48)17-18-37(36)49)29-53(38)28-33-15-12-11-13-16-33/h11-13,15-18,25-26,29,32,42H,14,19-24,27-28,30-31H2,1-10H3,(H,50,60)(H,51,56)(H,52,55)(H,58,59)/t32?,42-,46-/m0/s1. The highest BCUT2D eigenvalue weighted by atomic mass is 79.9. The van der Waals surface area contributed by atoms with Crippen molar-refractivity contribution >= 4 is 73.6 Å². The van der Waals surface area contributed by atoms with Gasteiger partial charge in [-0.05, 0) is 53.3 Å². The van der Waals surface area contributed by atoms with Crippen LogP contribution in [-0.4, -0.2) is 109 Å². The lowest BCUT2D eigenvalue weighted by atomic mass is 9.83. The fraction of sp³-hybridized carbons (Fsp3) is 0.543. The lowest BCUT2D eigenvalue weighted by molar-refractivity contribution is -0.148. The van der Waals surface area contributed by atoms with Crippen LogP contribution in [0.1, 0.15) is 57.8 Å². The molecule has 0 aliphatic rings. The van der Waals surface area contributed by atoms with Gasteiger partial charge in [0.25, 0.3) is 0 Å². The number of hydrogen-bond acceptors (Lipinski definition) is 7. The summed E-state index contributed by atoms with van der Waals surface area (Å²) in [5, 5.41) is 18.7. The summed E-state index contributed by atoms with van der Waals surface area (Å²) in [5.41, 5.74) is -0.632. The van der Waals surface area contributed by atoms with E-state index in [1.54, 1.807) is 24.1 Å². The number of halogens is 3. The van der Waals surface area contributed by atoms with Crippen molar-refractivity contribution in [1.82, 2.24) is 25.4 Å². The molecule has 12 nitrogen and oxygen atoms in total. The van der Waals surface area contributed by atoms with Gasteiger partial charge in [0.1, 0.15) is 11.6 Å². The van der Waals surface area contributed by atoms with E-state index in [-0.39, 0.29) is 54.4 Å². The zero-order chi connectivity index (χ0) is 48.0. The molecule has 4 amide bonds. The number of hydrogen-bond donors (Lipinski definition) is 4. The van der Waals surface area contributed by atoms with Crippen LogP contribution in [0.25, 0.3) is 11.1 Å². The summed E-state index contributed by atoms with van der Waals surface area (Å²) < 4.78 is 37.3. The minimum absolute atomic E-state index is 0.0246. The van der Waals surface area contributed by atoms with Crippen LogP contribution in [0.3, 0.4) is 0 Å². The minimum atomic E-state index is -2.19. The topological polar surface area (TPSA) is 159 Å². The van der Waals surface area contributed by atoms with E-state index in [9.17, 15) is 33.5 Å². The maximum atomic E-state index is 15.3. The second-order valence-corrected chi connectivity index (χ2v) is 32.5. The van der Waals surface area contributed by atoms with Crippen LogP contribution in [0.4, 0.5) is 13.6 Å². The van der Waals surface area contributed by atoms with Gasteiger partial charge in [-0.15, -0.1) is 0 Å². The Hall–Kier alpha value is -4.01. The van der Waals surface area contributed by atoms with Gasteiger partial charge >= 0.3 is 12.1 Å². The molecule has 0 aliphatic carbocycles. The number of aliphatic carboxylic acids is 1. The van der Waals surface area contributed by atoms with Gasteiger partial charge in [0.2, 0.25) is 17.7 Å². The number of carbonyl (C=O) groups excluding carboxylic acids is 4. The quantitative estimate of drug-likeness (QED) is 0.0393. The molecule has 0 saturated heterocycles. The summed E-state index contributed by atoms with van der Waals surface area (Å²) in [6.45, 7) is 21.2. The smallest absolute Gasteiger partial charge is 0.407 e. The number of nitrogens with zero attached hydrogens (tertiary/aromatic N) is 2. The lowest BCUT2D eigenvalue weighted by Crippen LogP contribution is -2.66. The van der Waals surface area contributed by atoms with Crippen LogP contribution >= 0.6 is 27.7 Å². The molecular formula is C46H68BrF2N5O7SSi2. The molecule has 0 radical (unpaired) electrons. The van der Waals surface area contributed by atoms with Crippen molar-refractivity contribution in [1.29, 1.82) is 0 Å². The molecule has 1 heterocycles. The van der Waals surface area contributed by atoms with Crippen molar-refractivity contribution in [2.24, 2.45) is 5.41 Å². The van der Waals surface area contributed by atoms with Gasteiger partial charge < -0.3 is 35.3 Å². The van der Waals surface area contributed by atoms with E-state index in [0.29, 0.717) is 30.8 Å². The number of carboxylic acids is 1. The number of benzene rings is 2. The second-order valence-electron chi connectivity index (χ2n) is 19.6. The molecule has 2 aromatic carbocycles. The van der Waals surface area contributed by atoms with Gasteiger partial charge in [-0.25, -0.2) is 18.4 Å². The van der Waals surface area contributed by atoms with Crippen molar-refractivity contribution in [3.8, 4) is 11.1 Å². The van der Waals surface area contributed by atoms with E-state index in [0.717, 1.165) is 29.8 Å². The summed E-state index contributed by atoms with van der Waals surface area (Å²) >= 11 is 4.32. The Labute approximate surface area is 392 Å². The van der Waals surface area contributed by atoms with Gasteiger partial charge in [0, 0.05) is 62.9 Å². The first-order valence-corrected chi connectivity index (χ1v) is 31.2. The molecule has 0 spiro atoms. The van der Waals surface area contributed by atoms with Gasteiger partial charge in [-0.2, -0.15) is 11.8 Å². The number of ether oxygens (including phenoxy) is 1. The molecule has 64 heavy (non-hydrogen) atoms. The molecule has 1 unspecified atom stereocenters. The molecule has 18 heteroatoms. The number of nitrogens with one attached hydrogen (secondary N) is 3. The van der Waals surface area contributed by atoms with Crippen molar-refractivity contribution < 1.29 is 42.6 Å². The largest absolute Gasteiger partial charge is 0.479 e. The van der Waals surface area contributed by atoms with Gasteiger partial charge in [-0.3, -0.25) is 14.4 Å². The molecule has 0 fully saturated rings. The molecule has 0 bridgehead atoms. The number of alkyl carbamates (subject to hydrolysis) is 1. The summed E-state index contributed by atoms with van der Waals surface area (Å²) in [4.78, 5) is 67.6. The number of rotatable bonds is 24. The van der Waals surface area contributed by atoms with E-state index in [2.05, 4.69) is 51.5 Å². The normalized spacial score (nSPS) is 13.9. The Morgan fingerprint density at radius 2 is 1.62 bits per heavy atom. The molecule has 3 atom stereocenters. The van der Waals surface area contributed by atoms with Crippen LogP contribution < -0.4 is 16.0 Å². The molecule has 0 aliphatic heterocycles. The predicted molar refractivity (Wildman–Crippen MR) is 261 cm³/mol. The average molecular weight is 1010 g/mol. The predicted octanol–water partition coefficient (Wildman–Crippen LogP) is 9.15. The van der Waals surface area contributed by atoms with Crippen molar-refractivity contribution in [2.75, 3.05) is 43.1 Å². The third-order valence-corrected chi connectivity index (χ3v) is 17.4. The highest BCUT2D eigenvalue weighted by Crippen LogP contribution is 2.41. The van der Waals surface area contributed by atoms with Gasteiger partial charge in [-0.1, -0.05) is 113 Å². The fourth-order valence-electron chi connectivity index (χ4n) is 7.31. The maximum Gasteiger partial charge on any atom is 0.407 e. The Balaban J connectivity index is 1.95. The number of amides is 4. The number of carboxylic acid groups (broad SMARTS) is 1. The summed E-state index contributed by atoms with van der Waals surface area (Å²) in [7, 11) is -3.61. The Kier molecular flexibility index (Phi) is 20.3. The van der Waals surface area contributed by atoms with E-state index >= 15 is 4.39 Å². The summed E-state index contributed by atoms with van der Waals surface area (Å²) in [5.74, 6) is -3.45. The minimum Gasteiger partial charge on any atom is -0.479 e. The Morgan fingerprint density at radius 3 is 2.22 bits per heavy atom. The zero-order valence-electron chi connectivity index (χ0n) is 39.0. The SMILES string of the molecule is CC([C@](CNC(=O)CBr)(NC(=O)CCSCC(=O)N(CCCNC(=O)OCC[Si](C)(C)C)[C@@H](c1cc(-c2cc(F)ccc2F)cn1Cc1ccccc1)C(C)(C)C)C(=O)O)[Si](C)(C)C. The number of alkyl halides is 1. The molecular weight excluding hydrogens is 941 g/mol. The first-order valence-electron chi connectivity index (χ1n) is 21.6. The van der Waals surface area contributed by atoms with Crippen molar-refractivity contribution in [3.63, 3.8) is 0 Å². The molecule has 4 N–H and O–H groups in total. The third kappa shape index (κ3) is 16.5. The van der Waals surface area contributed by atoms with E-state index in [1.165, 1.54) is 11.8 Å². The van der Waals surface area contributed by atoms with E-state index in [1.807, 2.05) is 75.3 Å². The molecule has 0 saturated carbocycles.